The number of aliphatic hydroxyl groups excluding tert-OH is 1. The second-order valence-corrected chi connectivity index (χ2v) is 10.6. The van der Waals surface area contributed by atoms with Crippen LogP contribution in [0.25, 0.3) is 6.08 Å². The molecule has 9 nitrogen and oxygen atoms in total. The van der Waals surface area contributed by atoms with Crippen LogP contribution in [0, 0.1) is 18.7 Å². The summed E-state index contributed by atoms with van der Waals surface area (Å²) in [7, 11) is 1.52. The number of aliphatic hydroxyl groups is 1. The number of aryl methyl sites for hydroxylation is 1. The Morgan fingerprint density at radius 3 is 2.40 bits per heavy atom. The number of fused-ring (bicyclic) bond motifs is 1. The molecule has 2 aliphatic rings. The molecule has 228 valence electrons. The predicted octanol–water partition coefficient (Wildman–Crippen LogP) is 2.82. The number of hydrogen-bond acceptors (Lipinski definition) is 6. The Morgan fingerprint density at radius 2 is 1.71 bits per heavy atom. The summed E-state index contributed by atoms with van der Waals surface area (Å²) < 4.78 is 18.1. The number of hydrogen-bond donors (Lipinski definition) is 4. The van der Waals surface area contributed by atoms with Crippen LogP contribution >= 0.6 is 0 Å². The maximum absolute atomic E-state index is 13.5. The zero-order chi connectivity index (χ0) is 30.3. The zero-order valence-corrected chi connectivity index (χ0v) is 24.5. The molecule has 3 amide bonds. The van der Waals surface area contributed by atoms with Crippen molar-refractivity contribution in [3.63, 3.8) is 0 Å². The number of carbonyl (C=O) groups excluding carboxylic acids is 3. The standard InChI is InChI=1S/C25H36N4O5.C7H7F/c1-29-20(17-30)24(32)28-16-22(31)26-13-7-11-18-8-5-6-12-21(18)34-15-14-27-23(25(29)33)19-9-3-2-4-10-19;1-6-2-4-7(8)5-3-6/h5-8,11-12,19-20,23,27,30H,2-4,9-10,13-17H2,1H3,(H,26,31)(H,28,32);2-5H,1H3/b11-7+;. The highest BCUT2D eigenvalue weighted by molar-refractivity contribution is 5.92. The van der Waals surface area contributed by atoms with Crippen molar-refractivity contribution in [3.8, 4) is 5.75 Å². The van der Waals surface area contributed by atoms with E-state index in [0.717, 1.165) is 49.0 Å². The molecule has 4 N–H and O–H groups in total. The number of para-hydroxylation sites is 1. The molecular formula is C32H43FN4O5. The summed E-state index contributed by atoms with van der Waals surface area (Å²) in [5.41, 5.74) is 1.97. The number of likely N-dealkylation sites (N-methyl/N-ethyl adjacent to an activating group) is 1. The second-order valence-electron chi connectivity index (χ2n) is 10.6. The third-order valence-electron chi connectivity index (χ3n) is 7.47. The van der Waals surface area contributed by atoms with Crippen molar-refractivity contribution in [2.75, 3.05) is 39.9 Å². The molecule has 0 bridgehead atoms. The number of nitrogens with zero attached hydrogens (tertiary/aromatic N) is 1. The monoisotopic (exact) mass is 582 g/mol. The van der Waals surface area contributed by atoms with Gasteiger partial charge in [-0.1, -0.05) is 67.3 Å². The Labute approximate surface area is 247 Å². The molecule has 2 aromatic carbocycles. The Balaban J connectivity index is 0.000000521. The largest absolute Gasteiger partial charge is 0.492 e. The molecule has 2 aromatic rings. The molecule has 0 aromatic heterocycles. The minimum atomic E-state index is -1.07. The van der Waals surface area contributed by atoms with Gasteiger partial charge in [0.1, 0.15) is 24.2 Å². The SMILES string of the molecule is CN1C(=O)C(C2CCCCC2)NCCOc2ccccc2/C=C/CNC(=O)CNC(=O)C1CO.Cc1ccc(F)cc1. The minimum absolute atomic E-state index is 0.151. The van der Waals surface area contributed by atoms with Crippen molar-refractivity contribution in [1.29, 1.82) is 0 Å². The molecule has 1 aliphatic heterocycles. The summed E-state index contributed by atoms with van der Waals surface area (Å²) in [6, 6.07) is 12.5. The molecule has 0 spiro atoms. The van der Waals surface area contributed by atoms with Crippen LogP contribution in [0.2, 0.25) is 0 Å². The van der Waals surface area contributed by atoms with Crippen molar-refractivity contribution < 1.29 is 28.6 Å². The maximum atomic E-state index is 13.5. The molecule has 1 fully saturated rings. The van der Waals surface area contributed by atoms with Gasteiger partial charge < -0.3 is 30.7 Å². The summed E-state index contributed by atoms with van der Waals surface area (Å²) in [5, 5.41) is 18.5. The van der Waals surface area contributed by atoms with E-state index >= 15 is 0 Å². The fourth-order valence-corrected chi connectivity index (χ4v) is 5.04. The molecule has 42 heavy (non-hydrogen) atoms. The van der Waals surface area contributed by atoms with E-state index in [1.807, 2.05) is 43.3 Å². The molecule has 0 saturated heterocycles. The summed E-state index contributed by atoms with van der Waals surface area (Å²) >= 11 is 0. The first-order valence-corrected chi connectivity index (χ1v) is 14.6. The topological polar surface area (TPSA) is 120 Å². The van der Waals surface area contributed by atoms with Crippen LogP contribution in [-0.2, 0) is 14.4 Å². The van der Waals surface area contributed by atoms with Gasteiger partial charge in [-0.3, -0.25) is 14.4 Å². The van der Waals surface area contributed by atoms with Gasteiger partial charge in [0.05, 0.1) is 19.2 Å². The lowest BCUT2D eigenvalue weighted by molar-refractivity contribution is -0.143. The fourth-order valence-electron chi connectivity index (χ4n) is 5.04. The highest BCUT2D eigenvalue weighted by Gasteiger charge is 2.35. The van der Waals surface area contributed by atoms with E-state index in [1.54, 1.807) is 12.1 Å². The first kappa shape index (κ1) is 32.8. The van der Waals surface area contributed by atoms with Crippen LogP contribution in [0.5, 0.6) is 5.75 Å². The lowest BCUT2D eigenvalue weighted by atomic mass is 9.83. The highest BCUT2D eigenvalue weighted by Crippen LogP contribution is 2.27. The number of rotatable bonds is 2. The molecule has 1 saturated carbocycles. The summed E-state index contributed by atoms with van der Waals surface area (Å²) in [6.45, 7) is 2.27. The van der Waals surface area contributed by atoms with Crippen molar-refractivity contribution >= 4 is 23.8 Å². The van der Waals surface area contributed by atoms with Gasteiger partial charge in [-0.15, -0.1) is 0 Å². The summed E-state index contributed by atoms with van der Waals surface area (Å²) in [6.07, 6.45) is 8.83. The number of ether oxygens (including phenoxy) is 1. The molecule has 2 atom stereocenters. The minimum Gasteiger partial charge on any atom is -0.492 e. The average molecular weight is 583 g/mol. The second kappa shape index (κ2) is 17.3. The van der Waals surface area contributed by atoms with Crippen molar-refractivity contribution in [3.05, 3.63) is 71.6 Å². The van der Waals surface area contributed by atoms with Gasteiger partial charge in [0.25, 0.3) is 0 Å². The first-order valence-electron chi connectivity index (χ1n) is 14.6. The number of amides is 3. The lowest BCUT2D eigenvalue weighted by Gasteiger charge is -2.35. The van der Waals surface area contributed by atoms with E-state index in [0.29, 0.717) is 13.2 Å². The number of carbonyl (C=O) groups is 3. The van der Waals surface area contributed by atoms with Crippen LogP contribution in [0.4, 0.5) is 4.39 Å². The van der Waals surface area contributed by atoms with E-state index < -0.39 is 24.6 Å². The van der Waals surface area contributed by atoms with Crippen LogP contribution in [-0.4, -0.2) is 79.7 Å². The molecule has 2 unspecified atom stereocenters. The molecular weight excluding hydrogens is 539 g/mol. The van der Waals surface area contributed by atoms with E-state index in [-0.39, 0.29) is 36.6 Å². The predicted molar refractivity (Wildman–Crippen MR) is 160 cm³/mol. The Hall–Kier alpha value is -3.76. The van der Waals surface area contributed by atoms with E-state index in [9.17, 15) is 23.9 Å². The van der Waals surface area contributed by atoms with Gasteiger partial charge in [-0.25, -0.2) is 4.39 Å². The molecule has 1 aliphatic carbocycles. The average Bonchev–Trinajstić information content (AvgIpc) is 3.00. The molecule has 10 heteroatoms. The highest BCUT2D eigenvalue weighted by atomic mass is 19.1. The lowest BCUT2D eigenvalue weighted by Crippen LogP contribution is -2.57. The maximum Gasteiger partial charge on any atom is 0.245 e. The molecule has 0 radical (unpaired) electrons. The summed E-state index contributed by atoms with van der Waals surface area (Å²) in [4.78, 5) is 39.5. The van der Waals surface area contributed by atoms with Gasteiger partial charge >= 0.3 is 0 Å². The van der Waals surface area contributed by atoms with Crippen LogP contribution in [0.15, 0.2) is 54.6 Å². The number of nitrogens with one attached hydrogen (secondary N) is 3. The quantitative estimate of drug-likeness (QED) is 0.433. The normalized spacial score (nSPS) is 22.2. The van der Waals surface area contributed by atoms with Gasteiger partial charge in [0, 0.05) is 25.7 Å². The first-order chi connectivity index (χ1) is 20.3. The third kappa shape index (κ3) is 10.3. The fraction of sp³-hybridized carbons (Fsp3) is 0.469. The Bertz CT molecular complexity index is 1160. The van der Waals surface area contributed by atoms with Gasteiger partial charge in [-0.2, -0.15) is 0 Å². The van der Waals surface area contributed by atoms with Crippen molar-refractivity contribution in [1.82, 2.24) is 20.9 Å². The molecule has 1 heterocycles. The Morgan fingerprint density at radius 1 is 1.00 bits per heavy atom. The van der Waals surface area contributed by atoms with Crippen LogP contribution in [0.3, 0.4) is 0 Å². The van der Waals surface area contributed by atoms with Gasteiger partial charge in [0.15, 0.2) is 0 Å². The number of halogens is 1. The van der Waals surface area contributed by atoms with Crippen LogP contribution in [0.1, 0.15) is 43.2 Å². The van der Waals surface area contributed by atoms with E-state index in [1.165, 1.54) is 24.1 Å². The zero-order valence-electron chi connectivity index (χ0n) is 24.5. The van der Waals surface area contributed by atoms with Crippen molar-refractivity contribution in [2.45, 2.75) is 51.1 Å². The van der Waals surface area contributed by atoms with Crippen LogP contribution < -0.4 is 20.7 Å². The summed E-state index contributed by atoms with van der Waals surface area (Å²) in [5.74, 6) is -0.470. The smallest absolute Gasteiger partial charge is 0.245 e. The van der Waals surface area contributed by atoms with E-state index in [2.05, 4.69) is 16.0 Å². The van der Waals surface area contributed by atoms with Gasteiger partial charge in [0.2, 0.25) is 17.7 Å². The van der Waals surface area contributed by atoms with E-state index in [4.69, 9.17) is 4.74 Å². The van der Waals surface area contributed by atoms with Gasteiger partial charge in [-0.05, 0) is 43.9 Å². The number of benzene rings is 2. The molecule has 4 rings (SSSR count). The van der Waals surface area contributed by atoms with Crippen molar-refractivity contribution in [2.24, 2.45) is 5.92 Å². The third-order valence-corrected chi connectivity index (χ3v) is 7.47. The Kier molecular flexibility index (Phi) is 13.5.